The van der Waals surface area contributed by atoms with Crippen molar-refractivity contribution in [3.05, 3.63) is 16.6 Å². The second-order valence-corrected chi connectivity index (χ2v) is 3.43. The van der Waals surface area contributed by atoms with Crippen LogP contribution in [0.15, 0.2) is 10.9 Å². The van der Waals surface area contributed by atoms with Gasteiger partial charge in [-0.25, -0.2) is 14.6 Å². The van der Waals surface area contributed by atoms with Gasteiger partial charge in [0.05, 0.1) is 18.3 Å². The van der Waals surface area contributed by atoms with E-state index in [4.69, 9.17) is 5.11 Å². The number of aromatic nitrogens is 1. The van der Waals surface area contributed by atoms with Gasteiger partial charge >= 0.3 is 12.1 Å². The number of methoxy groups -OCH3 is 1. The quantitative estimate of drug-likeness (QED) is 0.786. The van der Waals surface area contributed by atoms with Crippen LogP contribution in [0.2, 0.25) is 0 Å². The summed E-state index contributed by atoms with van der Waals surface area (Å²) >= 11 is 1.37. The summed E-state index contributed by atoms with van der Waals surface area (Å²) in [5.41, 5.74) is 2.23. The Labute approximate surface area is 89.9 Å². The second kappa shape index (κ2) is 5.30. The van der Waals surface area contributed by atoms with E-state index in [0.29, 0.717) is 5.69 Å². The average molecular weight is 230 g/mol. The lowest BCUT2D eigenvalue weighted by Crippen LogP contribution is -2.42. The maximum Gasteiger partial charge on any atom is 0.407 e. The van der Waals surface area contributed by atoms with Crippen molar-refractivity contribution in [3.63, 3.8) is 0 Å². The largest absolute Gasteiger partial charge is 0.480 e. The van der Waals surface area contributed by atoms with Gasteiger partial charge in [-0.1, -0.05) is 0 Å². The minimum Gasteiger partial charge on any atom is -0.480 e. The average Bonchev–Trinajstić information content (AvgIpc) is 2.69. The van der Waals surface area contributed by atoms with Crippen molar-refractivity contribution < 1.29 is 19.4 Å². The number of amides is 1. The van der Waals surface area contributed by atoms with E-state index in [0.717, 1.165) is 0 Å². The molecule has 0 saturated carbocycles. The first-order valence-electron chi connectivity index (χ1n) is 4.08. The van der Waals surface area contributed by atoms with Crippen molar-refractivity contribution in [2.45, 2.75) is 12.5 Å². The summed E-state index contributed by atoms with van der Waals surface area (Å²) in [6.07, 6.45) is -0.619. The Morgan fingerprint density at radius 2 is 2.47 bits per heavy atom. The highest BCUT2D eigenvalue weighted by Gasteiger charge is 2.21. The van der Waals surface area contributed by atoms with Crippen molar-refractivity contribution in [1.29, 1.82) is 0 Å². The first kappa shape index (κ1) is 11.4. The molecule has 1 aromatic heterocycles. The number of carbonyl (C=O) groups excluding carboxylic acids is 1. The van der Waals surface area contributed by atoms with Crippen molar-refractivity contribution >= 4 is 23.4 Å². The number of hydrogen-bond donors (Lipinski definition) is 2. The highest BCUT2D eigenvalue weighted by molar-refractivity contribution is 7.07. The minimum absolute atomic E-state index is 0.147. The number of alkyl carbamates (subject to hydrolysis) is 1. The summed E-state index contributed by atoms with van der Waals surface area (Å²) in [6, 6.07) is -1.01. The molecule has 0 bridgehead atoms. The Morgan fingerprint density at radius 3 is 2.93 bits per heavy atom. The van der Waals surface area contributed by atoms with Crippen LogP contribution in [0.4, 0.5) is 4.79 Å². The first-order chi connectivity index (χ1) is 7.13. The Morgan fingerprint density at radius 1 is 1.73 bits per heavy atom. The molecule has 2 N–H and O–H groups in total. The van der Waals surface area contributed by atoms with Gasteiger partial charge < -0.3 is 15.2 Å². The maximum absolute atomic E-state index is 10.8. The Kier molecular flexibility index (Phi) is 4.04. The molecule has 7 heteroatoms. The lowest BCUT2D eigenvalue weighted by atomic mass is 10.2. The van der Waals surface area contributed by atoms with Crippen LogP contribution in [0.5, 0.6) is 0 Å². The lowest BCUT2D eigenvalue weighted by molar-refractivity contribution is -0.139. The molecule has 6 nitrogen and oxygen atoms in total. The third kappa shape index (κ3) is 3.55. The zero-order valence-electron chi connectivity index (χ0n) is 7.97. The molecular formula is C8H10N2O4S. The molecule has 82 valence electrons. The number of carboxylic acid groups (broad SMARTS) is 1. The molecule has 1 aromatic rings. The molecule has 0 aliphatic carbocycles. The van der Waals surface area contributed by atoms with Gasteiger partial charge in [0.15, 0.2) is 0 Å². The summed E-state index contributed by atoms with van der Waals surface area (Å²) in [5, 5.41) is 12.8. The molecule has 0 fully saturated rings. The van der Waals surface area contributed by atoms with Crippen LogP contribution in [0.25, 0.3) is 0 Å². The summed E-state index contributed by atoms with van der Waals surface area (Å²) in [6.45, 7) is 0. The smallest absolute Gasteiger partial charge is 0.407 e. The molecule has 0 radical (unpaired) electrons. The van der Waals surface area contributed by atoms with Crippen molar-refractivity contribution in [2.24, 2.45) is 0 Å². The number of thiazole rings is 1. The summed E-state index contributed by atoms with van der Waals surface area (Å²) in [7, 11) is 1.18. The van der Waals surface area contributed by atoms with Crippen LogP contribution < -0.4 is 5.32 Å². The zero-order chi connectivity index (χ0) is 11.3. The van der Waals surface area contributed by atoms with E-state index in [1.54, 1.807) is 10.9 Å². The third-order valence-corrected chi connectivity index (χ3v) is 2.31. The van der Waals surface area contributed by atoms with E-state index in [-0.39, 0.29) is 6.42 Å². The summed E-state index contributed by atoms with van der Waals surface area (Å²) < 4.78 is 4.32. The Balaban J connectivity index is 2.59. The van der Waals surface area contributed by atoms with Crippen molar-refractivity contribution in [3.8, 4) is 0 Å². The molecule has 1 rings (SSSR count). The van der Waals surface area contributed by atoms with E-state index in [1.807, 2.05) is 0 Å². The van der Waals surface area contributed by atoms with Gasteiger partial charge in [-0.2, -0.15) is 0 Å². The number of hydrogen-bond acceptors (Lipinski definition) is 5. The molecular weight excluding hydrogens is 220 g/mol. The second-order valence-electron chi connectivity index (χ2n) is 2.71. The number of nitrogens with zero attached hydrogens (tertiary/aromatic N) is 1. The third-order valence-electron chi connectivity index (χ3n) is 1.67. The molecule has 0 aliphatic heterocycles. The summed E-state index contributed by atoms with van der Waals surface area (Å²) in [4.78, 5) is 25.6. The molecule has 1 amide bonds. The Hall–Kier alpha value is -1.63. The number of ether oxygens (including phenoxy) is 1. The van der Waals surface area contributed by atoms with Gasteiger partial charge in [0.2, 0.25) is 0 Å². The van der Waals surface area contributed by atoms with Gasteiger partial charge in [-0.3, -0.25) is 0 Å². The fourth-order valence-corrected chi connectivity index (χ4v) is 1.52. The van der Waals surface area contributed by atoms with Gasteiger partial charge in [0, 0.05) is 11.8 Å². The topological polar surface area (TPSA) is 88.5 Å². The maximum atomic E-state index is 10.8. The van der Waals surface area contributed by atoms with Crippen LogP contribution in [0.3, 0.4) is 0 Å². The molecule has 1 unspecified atom stereocenters. The predicted octanol–water partition coefficient (Wildman–Crippen LogP) is 0.495. The van der Waals surface area contributed by atoms with Crippen LogP contribution >= 0.6 is 11.3 Å². The lowest BCUT2D eigenvalue weighted by Gasteiger charge is -2.11. The van der Waals surface area contributed by atoms with E-state index < -0.39 is 18.1 Å². The minimum atomic E-state index is -1.12. The standard InChI is InChI=1S/C8H10N2O4S/c1-14-8(13)10-6(7(11)12)2-5-3-15-4-9-5/h3-4,6H,2H2,1H3,(H,10,13)(H,11,12). The van der Waals surface area contributed by atoms with Gasteiger partial charge in [-0.15, -0.1) is 11.3 Å². The molecule has 0 aliphatic rings. The first-order valence-corrected chi connectivity index (χ1v) is 5.02. The molecule has 0 aromatic carbocycles. The molecule has 1 atom stereocenters. The van der Waals surface area contributed by atoms with E-state index in [2.05, 4.69) is 15.0 Å². The van der Waals surface area contributed by atoms with Crippen LogP contribution in [-0.4, -0.2) is 35.3 Å². The van der Waals surface area contributed by atoms with Gasteiger partial charge in [0.25, 0.3) is 0 Å². The van der Waals surface area contributed by atoms with Crippen LogP contribution in [-0.2, 0) is 16.0 Å². The highest BCUT2D eigenvalue weighted by Crippen LogP contribution is 2.04. The molecule has 1 heterocycles. The van der Waals surface area contributed by atoms with Gasteiger partial charge in [-0.05, 0) is 0 Å². The highest BCUT2D eigenvalue weighted by atomic mass is 32.1. The predicted molar refractivity (Wildman–Crippen MR) is 52.8 cm³/mol. The van der Waals surface area contributed by atoms with E-state index in [9.17, 15) is 9.59 Å². The molecule has 15 heavy (non-hydrogen) atoms. The van der Waals surface area contributed by atoms with Crippen LogP contribution in [0, 0.1) is 0 Å². The fraction of sp³-hybridized carbons (Fsp3) is 0.375. The van der Waals surface area contributed by atoms with Crippen LogP contribution in [0.1, 0.15) is 5.69 Å². The number of rotatable bonds is 4. The van der Waals surface area contributed by atoms with Crippen molar-refractivity contribution in [1.82, 2.24) is 10.3 Å². The normalized spacial score (nSPS) is 11.8. The molecule has 0 spiro atoms. The molecule has 0 saturated heterocycles. The number of nitrogens with one attached hydrogen (secondary N) is 1. The van der Waals surface area contributed by atoms with Crippen molar-refractivity contribution in [2.75, 3.05) is 7.11 Å². The number of aliphatic carboxylic acids is 1. The monoisotopic (exact) mass is 230 g/mol. The number of carboxylic acids is 1. The SMILES string of the molecule is COC(=O)NC(Cc1cscn1)C(=O)O. The number of carbonyl (C=O) groups is 2. The van der Waals surface area contributed by atoms with Gasteiger partial charge in [0.1, 0.15) is 6.04 Å². The zero-order valence-corrected chi connectivity index (χ0v) is 8.78. The fourth-order valence-electron chi connectivity index (χ4n) is 0.949. The van der Waals surface area contributed by atoms with E-state index in [1.165, 1.54) is 18.4 Å². The summed E-state index contributed by atoms with van der Waals surface area (Å²) in [5.74, 6) is -1.12. The Bertz CT molecular complexity index is 338. The van der Waals surface area contributed by atoms with E-state index >= 15 is 0 Å².